The standard InChI is InChI=1S/C19H23ClN2O2/c1-14(16-5-4-6-17(20)11-16)21-19(23)13-22(2)12-15-7-9-18(24-3)10-8-15/h4-11,14H,12-13H2,1-3H3,(H,21,23)/p+1/t14-/m0/s1. The highest BCUT2D eigenvalue weighted by molar-refractivity contribution is 6.30. The van der Waals surface area contributed by atoms with Crippen LogP contribution in [0.15, 0.2) is 48.5 Å². The van der Waals surface area contributed by atoms with Crippen LogP contribution in [-0.4, -0.2) is 26.6 Å². The van der Waals surface area contributed by atoms with Crippen molar-refractivity contribution < 1.29 is 14.4 Å². The first-order valence-corrected chi connectivity index (χ1v) is 8.35. The molecule has 0 radical (unpaired) electrons. The maximum atomic E-state index is 12.2. The lowest BCUT2D eigenvalue weighted by atomic mass is 10.1. The molecule has 0 saturated carbocycles. The van der Waals surface area contributed by atoms with Gasteiger partial charge in [-0.1, -0.05) is 23.7 Å². The Bertz CT molecular complexity index is 673. The second-order valence-corrected chi connectivity index (χ2v) is 6.44. The van der Waals surface area contributed by atoms with Crippen LogP contribution in [0.2, 0.25) is 5.02 Å². The molecule has 1 unspecified atom stereocenters. The Labute approximate surface area is 148 Å². The van der Waals surface area contributed by atoms with Gasteiger partial charge in [-0.05, 0) is 48.9 Å². The summed E-state index contributed by atoms with van der Waals surface area (Å²) in [5.74, 6) is 0.859. The summed E-state index contributed by atoms with van der Waals surface area (Å²) in [6.07, 6.45) is 0. The van der Waals surface area contributed by atoms with Gasteiger partial charge >= 0.3 is 0 Å². The van der Waals surface area contributed by atoms with Crippen molar-refractivity contribution in [3.8, 4) is 5.75 Å². The van der Waals surface area contributed by atoms with Gasteiger partial charge in [0.2, 0.25) is 0 Å². The number of methoxy groups -OCH3 is 1. The Morgan fingerprint density at radius 1 is 1.25 bits per heavy atom. The third-order valence-corrected chi connectivity index (χ3v) is 4.09. The van der Waals surface area contributed by atoms with Gasteiger partial charge in [0.15, 0.2) is 6.54 Å². The second-order valence-electron chi connectivity index (χ2n) is 6.00. The molecule has 0 heterocycles. The highest BCUT2D eigenvalue weighted by atomic mass is 35.5. The number of carbonyl (C=O) groups is 1. The van der Waals surface area contributed by atoms with Crippen LogP contribution < -0.4 is 15.0 Å². The molecule has 128 valence electrons. The number of halogens is 1. The molecule has 0 aliphatic rings. The summed E-state index contributed by atoms with van der Waals surface area (Å²) in [7, 11) is 3.66. The summed E-state index contributed by atoms with van der Waals surface area (Å²) in [5, 5.41) is 3.70. The summed E-state index contributed by atoms with van der Waals surface area (Å²) < 4.78 is 5.15. The van der Waals surface area contributed by atoms with Crippen molar-refractivity contribution in [1.82, 2.24) is 5.32 Å². The summed E-state index contributed by atoms with van der Waals surface area (Å²) >= 11 is 6.00. The Morgan fingerprint density at radius 2 is 1.96 bits per heavy atom. The predicted octanol–water partition coefficient (Wildman–Crippen LogP) is 2.24. The summed E-state index contributed by atoms with van der Waals surface area (Å²) in [6, 6.07) is 15.4. The van der Waals surface area contributed by atoms with Gasteiger partial charge in [0.05, 0.1) is 20.2 Å². The van der Waals surface area contributed by atoms with Crippen LogP contribution in [0.4, 0.5) is 0 Å². The smallest absolute Gasteiger partial charge is 0.275 e. The van der Waals surface area contributed by atoms with Crippen LogP contribution in [0.1, 0.15) is 24.1 Å². The van der Waals surface area contributed by atoms with E-state index in [-0.39, 0.29) is 11.9 Å². The van der Waals surface area contributed by atoms with Crippen LogP contribution in [-0.2, 0) is 11.3 Å². The topological polar surface area (TPSA) is 42.8 Å². The van der Waals surface area contributed by atoms with Gasteiger partial charge in [-0.25, -0.2) is 0 Å². The van der Waals surface area contributed by atoms with E-state index in [9.17, 15) is 4.79 Å². The molecular weight excluding hydrogens is 324 g/mol. The molecule has 0 bridgehead atoms. The first-order valence-electron chi connectivity index (χ1n) is 7.97. The van der Waals surface area contributed by atoms with E-state index in [0.29, 0.717) is 11.6 Å². The minimum Gasteiger partial charge on any atom is -0.497 e. The Kier molecular flexibility index (Phi) is 6.64. The van der Waals surface area contributed by atoms with Crippen LogP contribution in [0.5, 0.6) is 5.75 Å². The average molecular weight is 348 g/mol. The second kappa shape index (κ2) is 8.71. The largest absolute Gasteiger partial charge is 0.497 e. The predicted molar refractivity (Wildman–Crippen MR) is 96.5 cm³/mol. The molecule has 2 rings (SSSR count). The SMILES string of the molecule is COc1ccc(C[NH+](C)CC(=O)N[C@@H](C)c2cccc(Cl)c2)cc1. The minimum absolute atomic E-state index is 0.0217. The van der Waals surface area contributed by atoms with Gasteiger partial charge < -0.3 is 15.0 Å². The van der Waals surface area contributed by atoms with Gasteiger partial charge in [0.1, 0.15) is 12.3 Å². The molecule has 0 aliphatic carbocycles. The molecule has 2 N–H and O–H groups in total. The van der Waals surface area contributed by atoms with Crippen molar-refractivity contribution in [1.29, 1.82) is 0 Å². The number of ether oxygens (including phenoxy) is 1. The molecule has 2 aromatic carbocycles. The lowest BCUT2D eigenvalue weighted by Crippen LogP contribution is -3.08. The maximum absolute atomic E-state index is 12.2. The van der Waals surface area contributed by atoms with E-state index in [0.717, 1.165) is 22.8 Å². The third-order valence-electron chi connectivity index (χ3n) is 3.85. The molecule has 0 fully saturated rings. The van der Waals surface area contributed by atoms with E-state index in [1.165, 1.54) is 5.56 Å². The quantitative estimate of drug-likeness (QED) is 0.806. The lowest BCUT2D eigenvalue weighted by molar-refractivity contribution is -0.885. The lowest BCUT2D eigenvalue weighted by Gasteiger charge is -2.18. The zero-order valence-electron chi connectivity index (χ0n) is 14.3. The van der Waals surface area contributed by atoms with Crippen LogP contribution >= 0.6 is 11.6 Å². The third kappa shape index (κ3) is 5.55. The molecular formula is C19H24ClN2O2+. The number of nitrogens with one attached hydrogen (secondary N) is 2. The molecule has 2 aromatic rings. The number of benzene rings is 2. The zero-order chi connectivity index (χ0) is 17.5. The van der Waals surface area contributed by atoms with Gasteiger partial charge in [-0.3, -0.25) is 4.79 Å². The fraction of sp³-hybridized carbons (Fsp3) is 0.316. The number of hydrogen-bond acceptors (Lipinski definition) is 2. The van der Waals surface area contributed by atoms with Crippen molar-refractivity contribution in [2.75, 3.05) is 20.7 Å². The van der Waals surface area contributed by atoms with Gasteiger partial charge in [-0.2, -0.15) is 0 Å². The van der Waals surface area contributed by atoms with Crippen LogP contribution in [0.3, 0.4) is 0 Å². The van der Waals surface area contributed by atoms with E-state index in [4.69, 9.17) is 16.3 Å². The number of rotatable bonds is 7. The number of amides is 1. The van der Waals surface area contributed by atoms with Gasteiger partial charge in [0, 0.05) is 10.6 Å². The average Bonchev–Trinajstić information content (AvgIpc) is 2.55. The van der Waals surface area contributed by atoms with Crippen LogP contribution in [0, 0.1) is 0 Å². The van der Waals surface area contributed by atoms with E-state index in [1.54, 1.807) is 7.11 Å². The normalized spacial score (nSPS) is 13.2. The highest BCUT2D eigenvalue weighted by Crippen LogP contribution is 2.17. The number of carbonyl (C=O) groups excluding carboxylic acids is 1. The Balaban J connectivity index is 1.84. The molecule has 4 nitrogen and oxygen atoms in total. The van der Waals surface area contributed by atoms with Gasteiger partial charge in [-0.15, -0.1) is 0 Å². The molecule has 2 atom stereocenters. The zero-order valence-corrected chi connectivity index (χ0v) is 15.1. The highest BCUT2D eigenvalue weighted by Gasteiger charge is 2.14. The van der Waals surface area contributed by atoms with Crippen molar-refractivity contribution in [2.24, 2.45) is 0 Å². The fourth-order valence-corrected chi connectivity index (χ4v) is 2.78. The first-order chi connectivity index (χ1) is 11.5. The van der Waals surface area contributed by atoms with Crippen molar-refractivity contribution in [3.05, 3.63) is 64.7 Å². The number of hydrogen-bond donors (Lipinski definition) is 2. The van der Waals surface area contributed by atoms with E-state index >= 15 is 0 Å². The Hall–Kier alpha value is -2.04. The molecule has 0 aliphatic heterocycles. The van der Waals surface area contributed by atoms with E-state index < -0.39 is 0 Å². The fourth-order valence-electron chi connectivity index (χ4n) is 2.58. The summed E-state index contributed by atoms with van der Waals surface area (Å²) in [6.45, 7) is 3.16. The monoisotopic (exact) mass is 347 g/mol. The summed E-state index contributed by atoms with van der Waals surface area (Å²) in [5.41, 5.74) is 2.17. The van der Waals surface area contributed by atoms with E-state index in [1.807, 2.05) is 62.5 Å². The molecule has 1 amide bonds. The van der Waals surface area contributed by atoms with Crippen molar-refractivity contribution >= 4 is 17.5 Å². The number of quaternary nitrogens is 1. The van der Waals surface area contributed by atoms with E-state index in [2.05, 4.69) is 5.32 Å². The molecule has 5 heteroatoms. The van der Waals surface area contributed by atoms with Crippen molar-refractivity contribution in [2.45, 2.75) is 19.5 Å². The summed E-state index contributed by atoms with van der Waals surface area (Å²) in [4.78, 5) is 13.3. The molecule has 24 heavy (non-hydrogen) atoms. The Morgan fingerprint density at radius 3 is 2.58 bits per heavy atom. The van der Waals surface area contributed by atoms with Crippen molar-refractivity contribution in [3.63, 3.8) is 0 Å². The van der Waals surface area contributed by atoms with Gasteiger partial charge in [0.25, 0.3) is 5.91 Å². The van der Waals surface area contributed by atoms with Crippen LogP contribution in [0.25, 0.3) is 0 Å². The first kappa shape index (κ1) is 18.3. The molecule has 0 saturated heterocycles. The molecule has 0 spiro atoms. The minimum atomic E-state index is -0.0648. The number of likely N-dealkylation sites (N-methyl/N-ethyl adjacent to an activating group) is 1. The maximum Gasteiger partial charge on any atom is 0.275 e. The molecule has 0 aromatic heterocycles.